The zero-order valence-corrected chi connectivity index (χ0v) is 18.9. The molecule has 0 radical (unpaired) electrons. The van der Waals surface area contributed by atoms with Crippen molar-refractivity contribution in [2.75, 3.05) is 25.5 Å². The van der Waals surface area contributed by atoms with E-state index in [1.807, 2.05) is 6.20 Å². The van der Waals surface area contributed by atoms with Crippen LogP contribution in [0.15, 0.2) is 36.5 Å². The summed E-state index contributed by atoms with van der Waals surface area (Å²) in [6, 6.07) is 6.03. The van der Waals surface area contributed by atoms with Gasteiger partial charge in [-0.15, -0.1) is 0 Å². The Morgan fingerprint density at radius 3 is 2.54 bits per heavy atom. The Hall–Kier alpha value is -3.86. The van der Waals surface area contributed by atoms with Gasteiger partial charge < -0.3 is 15.0 Å². The topological polar surface area (TPSA) is 95.2 Å². The molecule has 0 aliphatic carbocycles. The molecule has 0 spiro atoms. The Labute approximate surface area is 198 Å². The summed E-state index contributed by atoms with van der Waals surface area (Å²) >= 11 is 0. The van der Waals surface area contributed by atoms with Gasteiger partial charge in [0.1, 0.15) is 5.82 Å². The SMILES string of the molecule is COc1nc2cc(F)c(F)cc2nc1NC(=O)NC1CCN(Cc2c[nH]c3cc(F)ccc23)CC1. The second-order valence-corrected chi connectivity index (χ2v) is 8.49. The highest BCUT2D eigenvalue weighted by Crippen LogP contribution is 2.25. The van der Waals surface area contributed by atoms with Gasteiger partial charge in [-0.05, 0) is 36.6 Å². The summed E-state index contributed by atoms with van der Waals surface area (Å²) in [6.07, 6.45) is 3.39. The third-order valence-electron chi connectivity index (χ3n) is 6.15. The molecule has 1 fully saturated rings. The van der Waals surface area contributed by atoms with Crippen molar-refractivity contribution in [1.29, 1.82) is 0 Å². The number of nitrogens with one attached hydrogen (secondary N) is 3. The number of carbonyl (C=O) groups excluding carboxylic acids is 1. The van der Waals surface area contributed by atoms with Gasteiger partial charge in [0.2, 0.25) is 0 Å². The maximum atomic E-state index is 13.6. The molecule has 3 heterocycles. The summed E-state index contributed by atoms with van der Waals surface area (Å²) in [7, 11) is 1.35. The minimum atomic E-state index is -1.06. The van der Waals surface area contributed by atoms with E-state index in [-0.39, 0.29) is 34.6 Å². The number of nitrogens with zero attached hydrogens (tertiary/aromatic N) is 3. The van der Waals surface area contributed by atoms with Crippen LogP contribution in [0.4, 0.5) is 23.8 Å². The number of urea groups is 1. The van der Waals surface area contributed by atoms with E-state index in [0.29, 0.717) is 0 Å². The average molecular weight is 484 g/mol. The van der Waals surface area contributed by atoms with Crippen molar-refractivity contribution in [2.24, 2.45) is 0 Å². The molecule has 3 N–H and O–H groups in total. The quantitative estimate of drug-likeness (QED) is 0.392. The lowest BCUT2D eigenvalue weighted by atomic mass is 10.0. The van der Waals surface area contributed by atoms with E-state index < -0.39 is 17.7 Å². The number of benzene rings is 2. The van der Waals surface area contributed by atoms with Gasteiger partial charge >= 0.3 is 6.03 Å². The fourth-order valence-electron chi connectivity index (χ4n) is 4.35. The van der Waals surface area contributed by atoms with E-state index in [1.54, 1.807) is 6.07 Å². The number of carbonyl (C=O) groups is 1. The monoisotopic (exact) mass is 484 g/mol. The largest absolute Gasteiger partial charge is 0.478 e. The molecule has 4 aromatic rings. The lowest BCUT2D eigenvalue weighted by molar-refractivity contribution is 0.190. The van der Waals surface area contributed by atoms with E-state index >= 15 is 0 Å². The number of H-pyrrole nitrogens is 1. The minimum absolute atomic E-state index is 0.00733. The van der Waals surface area contributed by atoms with E-state index in [0.717, 1.165) is 61.1 Å². The number of hydrogen-bond acceptors (Lipinski definition) is 5. The molecule has 1 aliphatic heterocycles. The molecule has 5 rings (SSSR count). The molecule has 1 saturated heterocycles. The first kappa shape index (κ1) is 22.9. The number of anilines is 1. The second-order valence-electron chi connectivity index (χ2n) is 8.49. The van der Waals surface area contributed by atoms with Crippen LogP contribution in [0.3, 0.4) is 0 Å². The predicted molar refractivity (Wildman–Crippen MR) is 125 cm³/mol. The predicted octanol–water partition coefficient (Wildman–Crippen LogP) is 4.32. The van der Waals surface area contributed by atoms with E-state index in [1.165, 1.54) is 19.2 Å². The Morgan fingerprint density at radius 1 is 1.11 bits per heavy atom. The molecule has 0 atom stereocenters. The fourth-order valence-corrected chi connectivity index (χ4v) is 4.35. The second kappa shape index (κ2) is 9.41. The van der Waals surface area contributed by atoms with Crippen LogP contribution in [0.25, 0.3) is 21.9 Å². The summed E-state index contributed by atoms with van der Waals surface area (Å²) in [4.78, 5) is 26.3. The minimum Gasteiger partial charge on any atom is -0.478 e. The van der Waals surface area contributed by atoms with Crippen LogP contribution in [0, 0.1) is 17.5 Å². The molecule has 2 amide bonds. The average Bonchev–Trinajstić information content (AvgIpc) is 3.22. The van der Waals surface area contributed by atoms with E-state index in [4.69, 9.17) is 4.74 Å². The van der Waals surface area contributed by atoms with Crippen LogP contribution in [0.2, 0.25) is 0 Å². The van der Waals surface area contributed by atoms with Crippen molar-refractivity contribution >= 4 is 33.8 Å². The third kappa shape index (κ3) is 4.85. The Balaban J connectivity index is 1.18. The molecule has 0 bridgehead atoms. The summed E-state index contributed by atoms with van der Waals surface area (Å²) in [5, 5.41) is 6.51. The molecule has 0 saturated carbocycles. The Morgan fingerprint density at radius 2 is 1.83 bits per heavy atom. The van der Waals surface area contributed by atoms with Gasteiger partial charge in [-0.2, -0.15) is 0 Å². The van der Waals surface area contributed by atoms with Gasteiger partial charge in [0.05, 0.1) is 18.1 Å². The van der Waals surface area contributed by atoms with E-state index in [9.17, 15) is 18.0 Å². The van der Waals surface area contributed by atoms with Gasteiger partial charge in [0, 0.05) is 54.9 Å². The summed E-state index contributed by atoms with van der Waals surface area (Å²) in [5.41, 5.74) is 2.07. The number of aromatic nitrogens is 3. The Kier molecular flexibility index (Phi) is 6.16. The summed E-state index contributed by atoms with van der Waals surface area (Å²) in [6.45, 7) is 2.29. The van der Waals surface area contributed by atoms with Crippen molar-refractivity contribution in [2.45, 2.75) is 25.4 Å². The number of fused-ring (bicyclic) bond motifs is 2. The van der Waals surface area contributed by atoms with Crippen molar-refractivity contribution in [3.05, 3.63) is 59.5 Å². The van der Waals surface area contributed by atoms with Gasteiger partial charge in [0.25, 0.3) is 5.88 Å². The maximum absolute atomic E-state index is 13.6. The molecular formula is C24H23F3N6O2. The first-order valence-electron chi connectivity index (χ1n) is 11.2. The summed E-state index contributed by atoms with van der Waals surface area (Å²) < 4.78 is 45.6. The standard InChI is InChI=1S/C24H23F3N6O2/c1-35-23-22(30-20-9-17(26)18(27)10-21(20)31-23)32-24(34)29-15-4-6-33(7-5-15)12-13-11-28-19-8-14(25)2-3-16(13)19/h2-3,8-11,15,28H,4-7,12H2,1H3,(H2,29,30,32,34). The zero-order valence-electron chi connectivity index (χ0n) is 18.9. The fraction of sp³-hybridized carbons (Fsp3) is 0.292. The molecule has 2 aromatic carbocycles. The highest BCUT2D eigenvalue weighted by molar-refractivity contribution is 5.91. The van der Waals surface area contributed by atoms with Crippen molar-refractivity contribution < 1.29 is 22.7 Å². The Bertz CT molecular complexity index is 1400. The number of ether oxygens (including phenoxy) is 1. The first-order valence-corrected chi connectivity index (χ1v) is 11.2. The third-order valence-corrected chi connectivity index (χ3v) is 6.15. The van der Waals surface area contributed by atoms with Crippen LogP contribution in [-0.4, -0.2) is 52.1 Å². The highest BCUT2D eigenvalue weighted by atomic mass is 19.2. The highest BCUT2D eigenvalue weighted by Gasteiger charge is 2.23. The smallest absolute Gasteiger partial charge is 0.320 e. The molecular weight excluding hydrogens is 461 g/mol. The number of hydrogen-bond donors (Lipinski definition) is 3. The number of amides is 2. The molecule has 11 heteroatoms. The molecule has 1 aliphatic rings. The number of halogens is 3. The summed E-state index contributed by atoms with van der Waals surface area (Å²) in [5.74, 6) is -2.37. The lowest BCUT2D eigenvalue weighted by Crippen LogP contribution is -2.45. The number of rotatable bonds is 5. The van der Waals surface area contributed by atoms with Gasteiger partial charge in [-0.3, -0.25) is 10.2 Å². The van der Waals surface area contributed by atoms with Crippen molar-refractivity contribution in [3.8, 4) is 5.88 Å². The van der Waals surface area contributed by atoms with Crippen molar-refractivity contribution in [3.63, 3.8) is 0 Å². The first-order chi connectivity index (χ1) is 16.9. The van der Waals surface area contributed by atoms with E-state index in [2.05, 4.69) is 30.5 Å². The normalized spacial score (nSPS) is 15.0. The van der Waals surface area contributed by atoms with Crippen LogP contribution in [0.1, 0.15) is 18.4 Å². The van der Waals surface area contributed by atoms with Crippen LogP contribution >= 0.6 is 0 Å². The molecule has 8 nitrogen and oxygen atoms in total. The number of likely N-dealkylation sites (tertiary alicyclic amines) is 1. The number of aromatic amines is 1. The molecule has 35 heavy (non-hydrogen) atoms. The van der Waals surface area contributed by atoms with Crippen LogP contribution in [0.5, 0.6) is 5.88 Å². The zero-order chi connectivity index (χ0) is 24.5. The van der Waals surface area contributed by atoms with Crippen LogP contribution in [-0.2, 0) is 6.54 Å². The van der Waals surface area contributed by atoms with Gasteiger partial charge in [0.15, 0.2) is 17.5 Å². The molecule has 0 unspecified atom stereocenters. The van der Waals surface area contributed by atoms with Crippen LogP contribution < -0.4 is 15.4 Å². The van der Waals surface area contributed by atoms with Gasteiger partial charge in [-0.1, -0.05) is 0 Å². The van der Waals surface area contributed by atoms with Gasteiger partial charge in [-0.25, -0.2) is 27.9 Å². The maximum Gasteiger partial charge on any atom is 0.320 e. The number of methoxy groups -OCH3 is 1. The van der Waals surface area contributed by atoms with Crippen molar-refractivity contribution in [1.82, 2.24) is 25.2 Å². The molecule has 182 valence electrons. The molecule has 2 aromatic heterocycles. The lowest BCUT2D eigenvalue weighted by Gasteiger charge is -2.32. The number of piperidine rings is 1.